The first kappa shape index (κ1) is 14.8. The van der Waals surface area contributed by atoms with Crippen molar-refractivity contribution in [2.24, 2.45) is 0 Å². The van der Waals surface area contributed by atoms with E-state index in [4.69, 9.17) is 11.6 Å². The second-order valence-corrected chi connectivity index (χ2v) is 5.82. The number of rotatable bonds is 3. The standard InChI is InChI=1S/C15H11BrClFN2/c1-15(9-19,13-7-4-11(18)8-14(13)17)20-12-5-2-10(16)3-6-12/h2-8,20H,1H3. The Labute approximate surface area is 130 Å². The van der Waals surface area contributed by atoms with E-state index < -0.39 is 11.4 Å². The van der Waals surface area contributed by atoms with E-state index in [2.05, 4.69) is 27.3 Å². The molecule has 20 heavy (non-hydrogen) atoms. The molecule has 1 unspecified atom stereocenters. The van der Waals surface area contributed by atoms with Crippen LogP contribution in [0.1, 0.15) is 12.5 Å². The molecule has 2 nitrogen and oxygen atoms in total. The largest absolute Gasteiger partial charge is 0.364 e. The van der Waals surface area contributed by atoms with E-state index in [0.29, 0.717) is 5.56 Å². The van der Waals surface area contributed by atoms with Crippen LogP contribution in [-0.4, -0.2) is 0 Å². The summed E-state index contributed by atoms with van der Waals surface area (Å²) in [6.07, 6.45) is 0. The van der Waals surface area contributed by atoms with Gasteiger partial charge in [-0.2, -0.15) is 5.26 Å². The van der Waals surface area contributed by atoms with Crippen LogP contribution < -0.4 is 5.32 Å². The van der Waals surface area contributed by atoms with Gasteiger partial charge in [0.2, 0.25) is 0 Å². The normalized spacial score (nSPS) is 13.3. The predicted molar refractivity (Wildman–Crippen MR) is 82.1 cm³/mol. The van der Waals surface area contributed by atoms with Gasteiger partial charge in [0.1, 0.15) is 11.4 Å². The first-order valence-corrected chi connectivity index (χ1v) is 7.02. The number of anilines is 1. The Balaban J connectivity index is 2.38. The van der Waals surface area contributed by atoms with Crippen LogP contribution in [0.15, 0.2) is 46.9 Å². The SMILES string of the molecule is CC(C#N)(Nc1ccc(Br)cc1)c1ccc(F)cc1Cl. The van der Waals surface area contributed by atoms with Gasteiger partial charge in [-0.15, -0.1) is 0 Å². The minimum Gasteiger partial charge on any atom is -0.364 e. The lowest BCUT2D eigenvalue weighted by molar-refractivity contribution is 0.623. The highest BCUT2D eigenvalue weighted by Crippen LogP contribution is 2.31. The Bertz CT molecular complexity index is 667. The van der Waals surface area contributed by atoms with Crippen molar-refractivity contribution in [2.45, 2.75) is 12.5 Å². The number of nitrogens with zero attached hydrogens (tertiary/aromatic N) is 1. The summed E-state index contributed by atoms with van der Waals surface area (Å²) in [7, 11) is 0. The monoisotopic (exact) mass is 352 g/mol. The molecule has 0 aliphatic heterocycles. The van der Waals surface area contributed by atoms with Crippen LogP contribution in [0.25, 0.3) is 0 Å². The minimum absolute atomic E-state index is 0.221. The lowest BCUT2D eigenvalue weighted by Crippen LogP contribution is -2.30. The minimum atomic E-state index is -1.04. The molecule has 0 saturated heterocycles. The molecule has 2 aromatic carbocycles. The van der Waals surface area contributed by atoms with Gasteiger partial charge < -0.3 is 5.32 Å². The number of nitrogens with one attached hydrogen (secondary N) is 1. The fourth-order valence-electron chi connectivity index (χ4n) is 1.87. The summed E-state index contributed by atoms with van der Waals surface area (Å²) in [4.78, 5) is 0. The molecular weight excluding hydrogens is 343 g/mol. The number of halogens is 3. The fourth-order valence-corrected chi connectivity index (χ4v) is 2.49. The Kier molecular flexibility index (Phi) is 4.32. The van der Waals surface area contributed by atoms with Crippen molar-refractivity contribution in [3.05, 3.63) is 63.3 Å². The fraction of sp³-hybridized carbons (Fsp3) is 0.133. The highest BCUT2D eigenvalue weighted by Gasteiger charge is 2.28. The van der Waals surface area contributed by atoms with Crippen molar-refractivity contribution in [2.75, 3.05) is 5.32 Å². The van der Waals surface area contributed by atoms with Crippen LogP contribution >= 0.6 is 27.5 Å². The van der Waals surface area contributed by atoms with Gasteiger partial charge in [0.25, 0.3) is 0 Å². The zero-order valence-electron chi connectivity index (χ0n) is 10.6. The van der Waals surface area contributed by atoms with Gasteiger partial charge >= 0.3 is 0 Å². The molecule has 0 amide bonds. The molecule has 0 heterocycles. The maximum absolute atomic E-state index is 13.1. The molecule has 0 bridgehead atoms. The summed E-state index contributed by atoms with van der Waals surface area (Å²) >= 11 is 9.40. The number of nitriles is 1. The molecule has 0 aliphatic rings. The van der Waals surface area contributed by atoms with Crippen molar-refractivity contribution in [1.82, 2.24) is 0 Å². The summed E-state index contributed by atoms with van der Waals surface area (Å²) < 4.78 is 14.1. The zero-order chi connectivity index (χ0) is 14.8. The maximum Gasteiger partial charge on any atom is 0.149 e. The first-order valence-electron chi connectivity index (χ1n) is 5.85. The van der Waals surface area contributed by atoms with Crippen LogP contribution in [0.5, 0.6) is 0 Å². The summed E-state index contributed by atoms with van der Waals surface area (Å²) in [5, 5.41) is 12.8. The lowest BCUT2D eigenvalue weighted by atomic mass is 9.93. The smallest absolute Gasteiger partial charge is 0.149 e. The predicted octanol–water partition coefficient (Wildman–Crippen LogP) is 5.09. The number of benzene rings is 2. The number of hydrogen-bond acceptors (Lipinski definition) is 2. The van der Waals surface area contributed by atoms with Crippen molar-refractivity contribution in [3.63, 3.8) is 0 Å². The number of hydrogen-bond donors (Lipinski definition) is 1. The summed E-state index contributed by atoms with van der Waals surface area (Å²) in [5.41, 5.74) is 0.266. The Hall–Kier alpha value is -1.57. The average Bonchev–Trinajstić information content (AvgIpc) is 2.41. The van der Waals surface area contributed by atoms with E-state index >= 15 is 0 Å². The maximum atomic E-state index is 13.1. The molecule has 2 aromatic rings. The molecule has 0 fully saturated rings. The lowest BCUT2D eigenvalue weighted by Gasteiger charge is -2.26. The Morgan fingerprint density at radius 3 is 2.45 bits per heavy atom. The van der Waals surface area contributed by atoms with Crippen LogP contribution in [0.4, 0.5) is 10.1 Å². The van der Waals surface area contributed by atoms with Gasteiger partial charge in [0, 0.05) is 15.7 Å². The topological polar surface area (TPSA) is 35.8 Å². The molecule has 2 rings (SSSR count). The van der Waals surface area contributed by atoms with Gasteiger partial charge in [-0.05, 0) is 43.3 Å². The van der Waals surface area contributed by atoms with E-state index in [-0.39, 0.29) is 5.02 Å². The average molecular weight is 354 g/mol. The van der Waals surface area contributed by atoms with Crippen LogP contribution in [0.3, 0.4) is 0 Å². The molecule has 1 N–H and O–H groups in total. The van der Waals surface area contributed by atoms with Crippen molar-refractivity contribution in [1.29, 1.82) is 5.26 Å². The van der Waals surface area contributed by atoms with Gasteiger partial charge in [-0.3, -0.25) is 0 Å². The summed E-state index contributed by atoms with van der Waals surface area (Å²) in [6.45, 7) is 1.70. The van der Waals surface area contributed by atoms with Gasteiger partial charge in [0.15, 0.2) is 0 Å². The molecular formula is C15H11BrClFN2. The summed E-state index contributed by atoms with van der Waals surface area (Å²) in [5.74, 6) is -0.428. The third-order valence-electron chi connectivity index (χ3n) is 2.93. The van der Waals surface area contributed by atoms with Crippen molar-refractivity contribution < 1.29 is 4.39 Å². The molecule has 102 valence electrons. The van der Waals surface area contributed by atoms with E-state index in [1.807, 2.05) is 24.3 Å². The van der Waals surface area contributed by atoms with Crippen LogP contribution in [0.2, 0.25) is 5.02 Å². The van der Waals surface area contributed by atoms with E-state index in [1.54, 1.807) is 6.92 Å². The highest BCUT2D eigenvalue weighted by molar-refractivity contribution is 9.10. The highest BCUT2D eigenvalue weighted by atomic mass is 79.9. The third-order valence-corrected chi connectivity index (χ3v) is 3.77. The van der Waals surface area contributed by atoms with Crippen LogP contribution in [0, 0.1) is 17.1 Å². The molecule has 0 spiro atoms. The molecule has 0 saturated carbocycles. The second kappa shape index (κ2) is 5.82. The molecule has 0 aromatic heterocycles. The van der Waals surface area contributed by atoms with Gasteiger partial charge in [-0.1, -0.05) is 33.6 Å². The van der Waals surface area contributed by atoms with Gasteiger partial charge in [-0.25, -0.2) is 4.39 Å². The Morgan fingerprint density at radius 2 is 1.90 bits per heavy atom. The molecule has 0 aliphatic carbocycles. The third kappa shape index (κ3) is 3.12. The van der Waals surface area contributed by atoms with Crippen molar-refractivity contribution >= 4 is 33.2 Å². The van der Waals surface area contributed by atoms with E-state index in [1.165, 1.54) is 18.2 Å². The Morgan fingerprint density at radius 1 is 1.25 bits per heavy atom. The van der Waals surface area contributed by atoms with E-state index in [9.17, 15) is 9.65 Å². The first-order chi connectivity index (χ1) is 9.44. The quantitative estimate of drug-likeness (QED) is 0.834. The van der Waals surface area contributed by atoms with Gasteiger partial charge in [0.05, 0.1) is 11.1 Å². The van der Waals surface area contributed by atoms with Crippen LogP contribution in [-0.2, 0) is 5.54 Å². The zero-order valence-corrected chi connectivity index (χ0v) is 13.0. The van der Waals surface area contributed by atoms with Crippen molar-refractivity contribution in [3.8, 4) is 6.07 Å². The second-order valence-electron chi connectivity index (χ2n) is 4.49. The molecule has 0 radical (unpaired) electrons. The molecule has 1 atom stereocenters. The summed E-state index contributed by atoms with van der Waals surface area (Å²) in [6, 6.07) is 13.6. The van der Waals surface area contributed by atoms with E-state index in [0.717, 1.165) is 10.2 Å². The molecule has 5 heteroatoms.